The Morgan fingerprint density at radius 1 is 1.08 bits per heavy atom. The maximum Gasteiger partial charge on any atom is 0.326 e. The van der Waals surface area contributed by atoms with Gasteiger partial charge in [0.25, 0.3) is 0 Å². The zero-order chi connectivity index (χ0) is 20.3. The topological polar surface area (TPSA) is 191 Å². The Hall–Kier alpha value is -1.89. The molecule has 150 valence electrons. The van der Waals surface area contributed by atoms with E-state index in [1.165, 1.54) is 18.7 Å². The Morgan fingerprint density at radius 3 is 2.08 bits per heavy atom. The molecule has 4 atom stereocenters. The molecule has 0 radical (unpaired) electrons. The number of carbonyl (C=O) groups excluding carboxylic acids is 3. The monoisotopic (exact) mass is 394 g/mol. The zero-order valence-electron chi connectivity index (χ0n) is 14.6. The predicted octanol–water partition coefficient (Wildman–Crippen LogP) is -3.39. The Kier molecular flexibility index (Phi) is 11.6. The molecule has 0 aromatic heterocycles. The Morgan fingerprint density at radius 2 is 1.65 bits per heavy atom. The molecule has 3 amide bonds. The van der Waals surface area contributed by atoms with Gasteiger partial charge in [-0.15, -0.1) is 0 Å². The van der Waals surface area contributed by atoms with E-state index in [-0.39, 0.29) is 6.42 Å². The van der Waals surface area contributed by atoms with E-state index >= 15 is 0 Å². The van der Waals surface area contributed by atoms with Crippen molar-refractivity contribution in [2.45, 2.75) is 37.6 Å². The number of carboxylic acids is 1. The molecular formula is C14H26N4O7S. The van der Waals surface area contributed by atoms with Gasteiger partial charge in [-0.05, 0) is 25.4 Å². The maximum absolute atomic E-state index is 12.2. The second kappa shape index (κ2) is 12.5. The minimum absolute atomic E-state index is 0.164. The maximum atomic E-state index is 12.2. The summed E-state index contributed by atoms with van der Waals surface area (Å²) < 4.78 is 0. The van der Waals surface area contributed by atoms with Crippen molar-refractivity contribution < 1.29 is 34.5 Å². The standard InChI is InChI=1S/C14H26N4O7S/c1-7(20)11(18-10(21)5-15)13(23)17-9(6-19)12(22)16-8(14(24)25)3-4-26-2/h7-9,11,19-20H,3-6,15H2,1-2H3,(H,16,22)(H,17,23)(H,18,21)(H,24,25). The van der Waals surface area contributed by atoms with Crippen LogP contribution in [0.5, 0.6) is 0 Å². The predicted molar refractivity (Wildman–Crippen MR) is 94.2 cm³/mol. The number of nitrogens with one attached hydrogen (secondary N) is 3. The summed E-state index contributed by atoms with van der Waals surface area (Å²) in [7, 11) is 0. The van der Waals surface area contributed by atoms with Crippen LogP contribution in [0.2, 0.25) is 0 Å². The van der Waals surface area contributed by atoms with Crippen molar-refractivity contribution in [3.05, 3.63) is 0 Å². The second-order valence-electron chi connectivity index (χ2n) is 5.41. The van der Waals surface area contributed by atoms with E-state index in [1.807, 2.05) is 0 Å². The van der Waals surface area contributed by atoms with E-state index in [0.29, 0.717) is 5.75 Å². The summed E-state index contributed by atoms with van der Waals surface area (Å²) in [6.45, 7) is 0.0396. The van der Waals surface area contributed by atoms with Gasteiger partial charge >= 0.3 is 5.97 Å². The number of nitrogens with two attached hydrogens (primary N) is 1. The van der Waals surface area contributed by atoms with Crippen LogP contribution in [0.1, 0.15) is 13.3 Å². The first-order valence-corrected chi connectivity index (χ1v) is 9.18. The van der Waals surface area contributed by atoms with E-state index < -0.39 is 61.1 Å². The number of aliphatic hydroxyl groups is 2. The highest BCUT2D eigenvalue weighted by atomic mass is 32.2. The van der Waals surface area contributed by atoms with Crippen LogP contribution in [0.15, 0.2) is 0 Å². The van der Waals surface area contributed by atoms with Crippen molar-refractivity contribution in [2.24, 2.45) is 5.73 Å². The van der Waals surface area contributed by atoms with Crippen LogP contribution in [0, 0.1) is 0 Å². The third kappa shape index (κ3) is 8.47. The molecule has 0 aromatic rings. The number of aliphatic hydroxyl groups excluding tert-OH is 2. The minimum Gasteiger partial charge on any atom is -0.480 e. The van der Waals surface area contributed by atoms with Gasteiger partial charge in [0.05, 0.1) is 19.3 Å². The zero-order valence-corrected chi connectivity index (χ0v) is 15.4. The van der Waals surface area contributed by atoms with Gasteiger partial charge < -0.3 is 37.0 Å². The molecule has 0 heterocycles. The molecule has 8 N–H and O–H groups in total. The molecular weight excluding hydrogens is 368 g/mol. The third-order valence-electron chi connectivity index (χ3n) is 3.31. The van der Waals surface area contributed by atoms with E-state index in [9.17, 15) is 29.4 Å². The van der Waals surface area contributed by atoms with Gasteiger partial charge in [0.15, 0.2) is 0 Å². The lowest BCUT2D eigenvalue weighted by Gasteiger charge is -2.24. The number of hydrogen-bond acceptors (Lipinski definition) is 8. The first-order valence-electron chi connectivity index (χ1n) is 7.78. The molecule has 26 heavy (non-hydrogen) atoms. The third-order valence-corrected chi connectivity index (χ3v) is 3.95. The fourth-order valence-electron chi connectivity index (χ4n) is 1.86. The van der Waals surface area contributed by atoms with Crippen LogP contribution in [0.4, 0.5) is 0 Å². The number of carboxylic acid groups (broad SMARTS) is 1. The van der Waals surface area contributed by atoms with Crippen LogP contribution < -0.4 is 21.7 Å². The molecule has 0 aliphatic carbocycles. The summed E-state index contributed by atoms with van der Waals surface area (Å²) in [6.07, 6.45) is 0.654. The van der Waals surface area contributed by atoms with Crippen molar-refractivity contribution in [2.75, 3.05) is 25.2 Å². The number of hydrogen-bond donors (Lipinski definition) is 7. The SMILES string of the molecule is CSCCC(NC(=O)C(CO)NC(=O)C(NC(=O)CN)C(C)O)C(=O)O. The lowest BCUT2D eigenvalue weighted by atomic mass is 10.1. The molecule has 0 fully saturated rings. The molecule has 12 heteroatoms. The van der Waals surface area contributed by atoms with Crippen LogP contribution in [0.3, 0.4) is 0 Å². The highest BCUT2D eigenvalue weighted by molar-refractivity contribution is 7.98. The van der Waals surface area contributed by atoms with Gasteiger partial charge in [-0.2, -0.15) is 11.8 Å². The summed E-state index contributed by atoms with van der Waals surface area (Å²) in [5.74, 6) is -3.27. The van der Waals surface area contributed by atoms with Gasteiger partial charge in [-0.1, -0.05) is 0 Å². The average molecular weight is 394 g/mol. The average Bonchev–Trinajstić information content (AvgIpc) is 2.59. The van der Waals surface area contributed by atoms with E-state index in [0.717, 1.165) is 0 Å². The molecule has 0 rings (SSSR count). The van der Waals surface area contributed by atoms with Crippen LogP contribution in [-0.2, 0) is 19.2 Å². The van der Waals surface area contributed by atoms with E-state index in [4.69, 9.17) is 10.8 Å². The van der Waals surface area contributed by atoms with Gasteiger partial charge in [0.2, 0.25) is 17.7 Å². The fraction of sp³-hybridized carbons (Fsp3) is 0.714. The second-order valence-corrected chi connectivity index (χ2v) is 6.40. The quantitative estimate of drug-likeness (QED) is 0.177. The number of thioether (sulfide) groups is 1. The summed E-state index contributed by atoms with van der Waals surface area (Å²) in [5, 5.41) is 34.6. The van der Waals surface area contributed by atoms with Gasteiger partial charge in [0.1, 0.15) is 18.1 Å². The summed E-state index contributed by atoms with van der Waals surface area (Å²) >= 11 is 1.40. The lowest BCUT2D eigenvalue weighted by molar-refractivity contribution is -0.142. The highest BCUT2D eigenvalue weighted by Crippen LogP contribution is 2.02. The van der Waals surface area contributed by atoms with Crippen LogP contribution in [-0.4, -0.2) is 88.4 Å². The van der Waals surface area contributed by atoms with Crippen molar-refractivity contribution in [3.63, 3.8) is 0 Å². The van der Waals surface area contributed by atoms with E-state index in [1.54, 1.807) is 6.26 Å². The summed E-state index contributed by atoms with van der Waals surface area (Å²) in [4.78, 5) is 46.8. The highest BCUT2D eigenvalue weighted by Gasteiger charge is 2.30. The molecule has 0 bridgehead atoms. The first-order chi connectivity index (χ1) is 12.2. The van der Waals surface area contributed by atoms with Crippen molar-refractivity contribution in [1.29, 1.82) is 0 Å². The van der Waals surface area contributed by atoms with Crippen molar-refractivity contribution in [1.82, 2.24) is 16.0 Å². The molecule has 4 unspecified atom stereocenters. The Labute approximate surface area is 155 Å². The lowest BCUT2D eigenvalue weighted by Crippen LogP contribution is -2.59. The number of carbonyl (C=O) groups is 4. The molecule has 0 aliphatic heterocycles. The van der Waals surface area contributed by atoms with Gasteiger partial charge in [-0.3, -0.25) is 14.4 Å². The molecule has 0 aliphatic rings. The number of amides is 3. The van der Waals surface area contributed by atoms with E-state index in [2.05, 4.69) is 16.0 Å². The van der Waals surface area contributed by atoms with Crippen molar-refractivity contribution >= 4 is 35.5 Å². The largest absolute Gasteiger partial charge is 0.480 e. The molecule has 0 aromatic carbocycles. The number of rotatable bonds is 12. The smallest absolute Gasteiger partial charge is 0.326 e. The van der Waals surface area contributed by atoms with Crippen molar-refractivity contribution in [3.8, 4) is 0 Å². The van der Waals surface area contributed by atoms with Gasteiger partial charge in [-0.25, -0.2) is 4.79 Å². The molecule has 0 spiro atoms. The summed E-state index contributed by atoms with van der Waals surface area (Å²) in [5.41, 5.74) is 5.13. The fourth-order valence-corrected chi connectivity index (χ4v) is 2.33. The normalized spacial score (nSPS) is 15.3. The van der Waals surface area contributed by atoms with Crippen LogP contribution >= 0.6 is 11.8 Å². The van der Waals surface area contributed by atoms with Crippen LogP contribution in [0.25, 0.3) is 0 Å². The molecule has 0 saturated heterocycles. The number of aliphatic carboxylic acids is 1. The van der Waals surface area contributed by atoms with Gasteiger partial charge in [0, 0.05) is 0 Å². The minimum atomic E-state index is -1.45. The molecule has 0 saturated carbocycles. The Bertz CT molecular complexity index is 504. The summed E-state index contributed by atoms with van der Waals surface area (Å²) in [6, 6.07) is -4.01. The Balaban J connectivity index is 4.97. The first kappa shape index (κ1) is 24.1. The molecule has 11 nitrogen and oxygen atoms in total.